The van der Waals surface area contributed by atoms with Gasteiger partial charge in [-0.3, -0.25) is 4.79 Å². The lowest BCUT2D eigenvalue weighted by Gasteiger charge is -2.09. The molecule has 0 aromatic heterocycles. The number of carbonyl (C=O) groups is 1. The molecule has 0 saturated carbocycles. The van der Waals surface area contributed by atoms with Crippen LogP contribution in [0.5, 0.6) is 0 Å². The van der Waals surface area contributed by atoms with Gasteiger partial charge in [0.15, 0.2) is 0 Å². The van der Waals surface area contributed by atoms with Crippen LogP contribution in [0.15, 0.2) is 0 Å². The Morgan fingerprint density at radius 2 is 2.17 bits per heavy atom. The number of ether oxygens (including phenoxy) is 2. The summed E-state index contributed by atoms with van der Waals surface area (Å²) in [5, 5.41) is 0. The van der Waals surface area contributed by atoms with Crippen LogP contribution in [-0.2, 0) is 14.3 Å². The van der Waals surface area contributed by atoms with Crippen LogP contribution in [-0.4, -0.2) is 31.0 Å². The fourth-order valence-corrected chi connectivity index (χ4v) is 0.665. The van der Waals surface area contributed by atoms with Crippen molar-refractivity contribution in [1.82, 2.24) is 0 Å². The lowest BCUT2D eigenvalue weighted by molar-refractivity contribution is -0.145. The number of hydrogen-bond acceptors (Lipinski definition) is 4. The Hall–Kier alpha value is -0.220. The molecule has 0 amide bonds. The highest BCUT2D eigenvalue weighted by Gasteiger charge is 2.00. The molecule has 12 heavy (non-hydrogen) atoms. The van der Waals surface area contributed by atoms with Crippen LogP contribution in [0.3, 0.4) is 0 Å². The Kier molecular flexibility index (Phi) is 7.29. The first-order valence-electron chi connectivity index (χ1n) is 4.08. The Morgan fingerprint density at radius 1 is 1.50 bits per heavy atom. The average molecular weight is 192 g/mol. The van der Waals surface area contributed by atoms with E-state index in [9.17, 15) is 4.79 Å². The van der Waals surface area contributed by atoms with Gasteiger partial charge in [-0.15, -0.1) is 0 Å². The molecule has 0 heterocycles. The largest absolute Gasteiger partial charge is 0.463 e. The molecular formula is C8H16O3S. The van der Waals surface area contributed by atoms with E-state index in [4.69, 9.17) is 9.47 Å². The summed E-state index contributed by atoms with van der Waals surface area (Å²) in [6.07, 6.45) is 0.538. The first-order valence-corrected chi connectivity index (χ1v) is 4.72. The standard InChI is InChI=1S/C8H16O3S/c1-3-8(9)11-5-4-10-7(2)6-12/h7,12H,3-6H2,1-2H3. The maximum Gasteiger partial charge on any atom is 0.305 e. The van der Waals surface area contributed by atoms with Gasteiger partial charge in [0.1, 0.15) is 6.61 Å². The van der Waals surface area contributed by atoms with E-state index in [1.54, 1.807) is 6.92 Å². The third kappa shape index (κ3) is 6.49. The van der Waals surface area contributed by atoms with E-state index in [-0.39, 0.29) is 12.1 Å². The van der Waals surface area contributed by atoms with Gasteiger partial charge < -0.3 is 9.47 Å². The summed E-state index contributed by atoms with van der Waals surface area (Å²) in [7, 11) is 0. The monoisotopic (exact) mass is 192 g/mol. The quantitative estimate of drug-likeness (QED) is 0.391. The average Bonchev–Trinajstić information content (AvgIpc) is 2.11. The van der Waals surface area contributed by atoms with Gasteiger partial charge in [0.25, 0.3) is 0 Å². The summed E-state index contributed by atoms with van der Waals surface area (Å²) in [6.45, 7) is 4.48. The molecule has 0 spiro atoms. The summed E-state index contributed by atoms with van der Waals surface area (Å²) in [5.74, 6) is 0.499. The third-order valence-electron chi connectivity index (χ3n) is 1.29. The van der Waals surface area contributed by atoms with E-state index in [0.717, 1.165) is 0 Å². The Bertz CT molecular complexity index is 127. The topological polar surface area (TPSA) is 35.5 Å². The summed E-state index contributed by atoms with van der Waals surface area (Å²) in [6, 6.07) is 0. The second-order valence-electron chi connectivity index (χ2n) is 2.44. The molecule has 0 aliphatic carbocycles. The zero-order valence-electron chi connectivity index (χ0n) is 7.58. The molecule has 0 aliphatic rings. The lowest BCUT2D eigenvalue weighted by atomic mass is 10.5. The highest BCUT2D eigenvalue weighted by atomic mass is 32.1. The summed E-state index contributed by atoms with van der Waals surface area (Å²) < 4.78 is 10.0. The van der Waals surface area contributed by atoms with Gasteiger partial charge in [0, 0.05) is 12.2 Å². The van der Waals surface area contributed by atoms with Crippen LogP contribution in [0.4, 0.5) is 0 Å². The van der Waals surface area contributed by atoms with Crippen LogP contribution in [0.2, 0.25) is 0 Å². The van der Waals surface area contributed by atoms with Crippen LogP contribution in [0.1, 0.15) is 20.3 Å². The summed E-state index contributed by atoms with van der Waals surface area (Å²) >= 11 is 4.04. The first kappa shape index (κ1) is 11.8. The molecule has 0 bridgehead atoms. The molecule has 0 N–H and O–H groups in total. The molecule has 1 atom stereocenters. The van der Waals surface area contributed by atoms with E-state index in [0.29, 0.717) is 25.4 Å². The van der Waals surface area contributed by atoms with Crippen LogP contribution < -0.4 is 0 Å². The van der Waals surface area contributed by atoms with Crippen molar-refractivity contribution >= 4 is 18.6 Å². The molecule has 0 radical (unpaired) electrons. The Labute approximate surface area is 78.8 Å². The molecule has 4 heteroatoms. The van der Waals surface area contributed by atoms with Crippen molar-refractivity contribution in [2.24, 2.45) is 0 Å². The zero-order chi connectivity index (χ0) is 9.40. The molecule has 0 saturated heterocycles. The molecule has 0 aromatic rings. The van der Waals surface area contributed by atoms with Crippen molar-refractivity contribution in [2.75, 3.05) is 19.0 Å². The molecule has 0 rings (SSSR count). The van der Waals surface area contributed by atoms with E-state index >= 15 is 0 Å². The molecule has 3 nitrogen and oxygen atoms in total. The minimum absolute atomic E-state index is 0.119. The molecular weight excluding hydrogens is 176 g/mol. The normalized spacial score (nSPS) is 12.6. The fraction of sp³-hybridized carbons (Fsp3) is 0.875. The van der Waals surface area contributed by atoms with Crippen molar-refractivity contribution in [2.45, 2.75) is 26.4 Å². The minimum atomic E-state index is -0.183. The molecule has 0 fully saturated rings. The van der Waals surface area contributed by atoms with E-state index in [1.165, 1.54) is 0 Å². The smallest absolute Gasteiger partial charge is 0.305 e. The predicted molar refractivity (Wildman–Crippen MR) is 50.5 cm³/mol. The van der Waals surface area contributed by atoms with E-state index in [1.807, 2.05) is 6.92 Å². The van der Waals surface area contributed by atoms with Crippen molar-refractivity contribution in [3.63, 3.8) is 0 Å². The van der Waals surface area contributed by atoms with Gasteiger partial charge in [-0.1, -0.05) is 6.92 Å². The molecule has 0 aliphatic heterocycles. The van der Waals surface area contributed by atoms with Crippen LogP contribution in [0, 0.1) is 0 Å². The highest BCUT2D eigenvalue weighted by molar-refractivity contribution is 7.80. The van der Waals surface area contributed by atoms with Crippen molar-refractivity contribution in [1.29, 1.82) is 0 Å². The second-order valence-corrected chi connectivity index (χ2v) is 2.80. The fourth-order valence-electron chi connectivity index (χ4n) is 0.560. The van der Waals surface area contributed by atoms with E-state index < -0.39 is 0 Å². The number of rotatable bonds is 6. The van der Waals surface area contributed by atoms with Gasteiger partial charge >= 0.3 is 5.97 Å². The first-order chi connectivity index (χ1) is 5.70. The van der Waals surface area contributed by atoms with Crippen molar-refractivity contribution in [3.05, 3.63) is 0 Å². The lowest BCUT2D eigenvalue weighted by Crippen LogP contribution is -2.15. The number of carbonyl (C=O) groups excluding carboxylic acids is 1. The minimum Gasteiger partial charge on any atom is -0.463 e. The number of thiol groups is 1. The van der Waals surface area contributed by atoms with Crippen molar-refractivity contribution < 1.29 is 14.3 Å². The molecule has 1 unspecified atom stereocenters. The SMILES string of the molecule is CCC(=O)OCCOC(C)CS. The third-order valence-corrected chi connectivity index (χ3v) is 1.81. The van der Waals surface area contributed by atoms with Crippen LogP contribution >= 0.6 is 12.6 Å². The summed E-state index contributed by atoms with van der Waals surface area (Å²) in [5.41, 5.74) is 0. The maximum atomic E-state index is 10.6. The van der Waals surface area contributed by atoms with Gasteiger partial charge in [-0.2, -0.15) is 12.6 Å². The predicted octanol–water partition coefficient (Wildman–Crippen LogP) is 1.27. The van der Waals surface area contributed by atoms with Crippen LogP contribution in [0.25, 0.3) is 0 Å². The van der Waals surface area contributed by atoms with Crippen molar-refractivity contribution in [3.8, 4) is 0 Å². The second kappa shape index (κ2) is 7.43. The number of hydrogen-bond donors (Lipinski definition) is 1. The summed E-state index contributed by atoms with van der Waals surface area (Å²) in [4.78, 5) is 10.6. The van der Waals surface area contributed by atoms with Gasteiger partial charge in [-0.05, 0) is 6.92 Å². The highest BCUT2D eigenvalue weighted by Crippen LogP contribution is 1.93. The zero-order valence-corrected chi connectivity index (χ0v) is 8.47. The Balaban J connectivity index is 3.15. The van der Waals surface area contributed by atoms with Gasteiger partial charge in [0.2, 0.25) is 0 Å². The van der Waals surface area contributed by atoms with E-state index in [2.05, 4.69) is 12.6 Å². The van der Waals surface area contributed by atoms with Gasteiger partial charge in [0.05, 0.1) is 12.7 Å². The molecule has 72 valence electrons. The number of esters is 1. The van der Waals surface area contributed by atoms with Gasteiger partial charge in [-0.25, -0.2) is 0 Å². The molecule has 0 aromatic carbocycles. The maximum absolute atomic E-state index is 10.6. The Morgan fingerprint density at radius 3 is 2.67 bits per heavy atom.